The van der Waals surface area contributed by atoms with Gasteiger partial charge in [-0.1, -0.05) is 34.1 Å². The van der Waals surface area contributed by atoms with Gasteiger partial charge in [0, 0.05) is 16.9 Å². The molecule has 1 unspecified atom stereocenters. The molecule has 0 radical (unpaired) electrons. The summed E-state index contributed by atoms with van der Waals surface area (Å²) in [5.41, 5.74) is 1.07. The predicted octanol–water partition coefficient (Wildman–Crippen LogP) is 2.85. The Labute approximate surface area is 126 Å². The van der Waals surface area contributed by atoms with E-state index in [1.165, 1.54) is 0 Å². The molecule has 0 spiro atoms. The monoisotopic (exact) mass is 339 g/mol. The van der Waals surface area contributed by atoms with Crippen molar-refractivity contribution >= 4 is 27.8 Å². The Morgan fingerprint density at radius 3 is 2.60 bits per heavy atom. The van der Waals surface area contributed by atoms with Crippen LogP contribution in [0.15, 0.2) is 28.7 Å². The van der Waals surface area contributed by atoms with E-state index in [2.05, 4.69) is 15.9 Å². The van der Waals surface area contributed by atoms with Crippen molar-refractivity contribution in [1.29, 1.82) is 0 Å². The van der Waals surface area contributed by atoms with Gasteiger partial charge in [-0.3, -0.25) is 4.79 Å². The highest BCUT2D eigenvalue weighted by molar-refractivity contribution is 9.10. The largest absolute Gasteiger partial charge is 0.480 e. The topological polar surface area (TPSA) is 57.6 Å². The first kappa shape index (κ1) is 15.0. The number of halogens is 1. The fourth-order valence-corrected chi connectivity index (χ4v) is 2.76. The number of aliphatic carboxylic acids is 1. The molecule has 5 heteroatoms. The van der Waals surface area contributed by atoms with Crippen molar-refractivity contribution in [3.05, 3.63) is 34.3 Å². The maximum Gasteiger partial charge on any atom is 0.326 e. The zero-order valence-electron chi connectivity index (χ0n) is 11.4. The van der Waals surface area contributed by atoms with Crippen LogP contribution in [0.4, 0.5) is 0 Å². The second-order valence-corrected chi connectivity index (χ2v) is 5.99. The van der Waals surface area contributed by atoms with Crippen LogP contribution in [0.3, 0.4) is 0 Å². The number of hydrogen-bond donors (Lipinski definition) is 1. The lowest BCUT2D eigenvalue weighted by Gasteiger charge is -2.26. The molecule has 108 valence electrons. The number of amides is 1. The van der Waals surface area contributed by atoms with Gasteiger partial charge in [0.15, 0.2) is 0 Å². The van der Waals surface area contributed by atoms with Crippen LogP contribution in [0.5, 0.6) is 0 Å². The van der Waals surface area contributed by atoms with E-state index in [0.29, 0.717) is 12.8 Å². The van der Waals surface area contributed by atoms with Gasteiger partial charge in [0.1, 0.15) is 6.04 Å². The summed E-state index contributed by atoms with van der Waals surface area (Å²) in [6, 6.07) is 7.15. The molecule has 1 aromatic rings. The Morgan fingerprint density at radius 1 is 1.40 bits per heavy atom. The number of carbonyl (C=O) groups excluding carboxylic acids is 1. The molecule has 0 bridgehead atoms. The molecule has 4 nitrogen and oxygen atoms in total. The minimum atomic E-state index is -0.939. The third-order valence-electron chi connectivity index (χ3n) is 3.57. The summed E-state index contributed by atoms with van der Waals surface area (Å²) in [4.78, 5) is 24.9. The molecule has 0 heterocycles. The van der Waals surface area contributed by atoms with Crippen LogP contribution >= 0.6 is 15.9 Å². The molecule has 0 aromatic heterocycles. The molecular weight excluding hydrogens is 322 g/mol. The first-order valence-electron chi connectivity index (χ1n) is 6.78. The van der Waals surface area contributed by atoms with Crippen LogP contribution in [0.2, 0.25) is 0 Å². The summed E-state index contributed by atoms with van der Waals surface area (Å²) in [5.74, 6) is -1.01. The number of rotatable bonds is 6. The molecule has 1 aliphatic rings. The van der Waals surface area contributed by atoms with Gasteiger partial charge in [-0.05, 0) is 37.8 Å². The summed E-state index contributed by atoms with van der Waals surface area (Å²) in [6.07, 6.45) is 2.79. The SMILES string of the molecule is CC(C(=O)O)N(C(=O)CCc1ccccc1Br)C1CC1. The Bertz CT molecular complexity index is 514. The Morgan fingerprint density at radius 2 is 2.05 bits per heavy atom. The van der Waals surface area contributed by atoms with Gasteiger partial charge in [-0.15, -0.1) is 0 Å². The van der Waals surface area contributed by atoms with Crippen molar-refractivity contribution in [2.24, 2.45) is 0 Å². The van der Waals surface area contributed by atoms with Crippen molar-refractivity contribution in [3.63, 3.8) is 0 Å². The van der Waals surface area contributed by atoms with Crippen LogP contribution < -0.4 is 0 Å². The maximum absolute atomic E-state index is 12.3. The van der Waals surface area contributed by atoms with E-state index in [0.717, 1.165) is 22.9 Å². The third kappa shape index (κ3) is 3.60. The third-order valence-corrected chi connectivity index (χ3v) is 4.34. The van der Waals surface area contributed by atoms with Crippen LogP contribution in [0.25, 0.3) is 0 Å². The van der Waals surface area contributed by atoms with Gasteiger partial charge in [0.05, 0.1) is 0 Å². The number of aryl methyl sites for hydroxylation is 1. The number of carboxylic acid groups (broad SMARTS) is 1. The number of hydrogen-bond acceptors (Lipinski definition) is 2. The highest BCUT2D eigenvalue weighted by Crippen LogP contribution is 2.30. The Hall–Kier alpha value is -1.36. The molecule has 0 aliphatic heterocycles. The highest BCUT2D eigenvalue weighted by Gasteiger charge is 2.37. The zero-order chi connectivity index (χ0) is 14.7. The van der Waals surface area contributed by atoms with E-state index in [-0.39, 0.29) is 11.9 Å². The number of carboxylic acids is 1. The zero-order valence-corrected chi connectivity index (χ0v) is 13.0. The van der Waals surface area contributed by atoms with Gasteiger partial charge in [0.25, 0.3) is 0 Å². The van der Waals surface area contributed by atoms with Gasteiger partial charge in [0.2, 0.25) is 5.91 Å². The van der Waals surface area contributed by atoms with Gasteiger partial charge < -0.3 is 10.0 Å². The second kappa shape index (κ2) is 6.39. The molecule has 1 amide bonds. The molecule has 1 N–H and O–H groups in total. The minimum Gasteiger partial charge on any atom is -0.480 e. The smallest absolute Gasteiger partial charge is 0.326 e. The van der Waals surface area contributed by atoms with E-state index in [1.54, 1.807) is 11.8 Å². The quantitative estimate of drug-likeness (QED) is 0.866. The van der Waals surface area contributed by atoms with Crippen molar-refractivity contribution < 1.29 is 14.7 Å². The lowest BCUT2D eigenvalue weighted by atomic mass is 10.1. The fraction of sp³-hybridized carbons (Fsp3) is 0.467. The standard InChI is InChI=1S/C15H18BrNO3/c1-10(15(19)20)17(12-7-8-12)14(18)9-6-11-4-2-3-5-13(11)16/h2-5,10,12H,6-9H2,1H3,(H,19,20). The summed E-state index contributed by atoms with van der Waals surface area (Å²) in [6.45, 7) is 1.58. The summed E-state index contributed by atoms with van der Waals surface area (Å²) < 4.78 is 0.983. The average molecular weight is 340 g/mol. The fourth-order valence-electron chi connectivity index (χ4n) is 2.28. The highest BCUT2D eigenvalue weighted by atomic mass is 79.9. The Kier molecular flexibility index (Phi) is 4.81. The molecule has 1 fully saturated rings. The van der Waals surface area contributed by atoms with E-state index in [1.807, 2.05) is 24.3 Å². The van der Waals surface area contributed by atoms with Crippen molar-refractivity contribution in [1.82, 2.24) is 4.90 Å². The summed E-state index contributed by atoms with van der Waals surface area (Å²) >= 11 is 3.46. The normalized spacial score (nSPS) is 15.7. The van der Waals surface area contributed by atoms with Crippen LogP contribution in [-0.4, -0.2) is 34.0 Å². The molecule has 1 aromatic carbocycles. The molecule has 0 saturated heterocycles. The van der Waals surface area contributed by atoms with Crippen molar-refractivity contribution in [2.45, 2.75) is 44.7 Å². The molecule has 1 atom stereocenters. The van der Waals surface area contributed by atoms with Crippen LogP contribution in [0.1, 0.15) is 31.7 Å². The first-order chi connectivity index (χ1) is 9.50. The van der Waals surface area contributed by atoms with E-state index in [4.69, 9.17) is 5.11 Å². The molecule has 1 saturated carbocycles. The molecule has 2 rings (SSSR count). The summed E-state index contributed by atoms with van der Waals surface area (Å²) in [7, 11) is 0. The van der Waals surface area contributed by atoms with Crippen molar-refractivity contribution in [3.8, 4) is 0 Å². The second-order valence-electron chi connectivity index (χ2n) is 5.14. The molecular formula is C15H18BrNO3. The van der Waals surface area contributed by atoms with Crippen LogP contribution in [0, 0.1) is 0 Å². The molecule has 20 heavy (non-hydrogen) atoms. The Balaban J connectivity index is 1.99. The summed E-state index contributed by atoms with van der Waals surface area (Å²) in [5, 5.41) is 9.11. The van der Waals surface area contributed by atoms with E-state index < -0.39 is 12.0 Å². The predicted molar refractivity (Wildman–Crippen MR) is 79.4 cm³/mol. The van der Waals surface area contributed by atoms with Gasteiger partial charge in [-0.2, -0.15) is 0 Å². The lowest BCUT2D eigenvalue weighted by Crippen LogP contribution is -2.44. The number of carbonyl (C=O) groups is 2. The lowest BCUT2D eigenvalue weighted by molar-refractivity contribution is -0.150. The van der Waals surface area contributed by atoms with Gasteiger partial charge >= 0.3 is 5.97 Å². The van der Waals surface area contributed by atoms with Crippen LogP contribution in [-0.2, 0) is 16.0 Å². The number of nitrogens with zero attached hydrogens (tertiary/aromatic N) is 1. The van der Waals surface area contributed by atoms with E-state index in [9.17, 15) is 9.59 Å². The van der Waals surface area contributed by atoms with E-state index >= 15 is 0 Å². The minimum absolute atomic E-state index is 0.0712. The van der Waals surface area contributed by atoms with Gasteiger partial charge in [-0.25, -0.2) is 4.79 Å². The molecule has 1 aliphatic carbocycles. The average Bonchev–Trinajstić information content (AvgIpc) is 3.22. The number of benzene rings is 1. The van der Waals surface area contributed by atoms with Crippen molar-refractivity contribution in [2.75, 3.05) is 0 Å². The first-order valence-corrected chi connectivity index (χ1v) is 7.57. The maximum atomic E-state index is 12.3.